The lowest BCUT2D eigenvalue weighted by molar-refractivity contribution is 0.475. The summed E-state index contributed by atoms with van der Waals surface area (Å²) in [6, 6.07) is 8.62. The lowest BCUT2D eigenvalue weighted by Crippen LogP contribution is -2.25. The zero-order valence-corrected chi connectivity index (χ0v) is 22.5. The van der Waals surface area contributed by atoms with Gasteiger partial charge in [0, 0.05) is 5.56 Å². The Morgan fingerprint density at radius 2 is 1.46 bits per heavy atom. The van der Waals surface area contributed by atoms with E-state index in [9.17, 15) is 0 Å². The third-order valence-corrected chi connectivity index (χ3v) is 6.78. The highest BCUT2D eigenvalue weighted by atomic mass is 15.3. The van der Waals surface area contributed by atoms with Gasteiger partial charge in [0.2, 0.25) is 0 Å². The molecular weight excluding hydrogens is 430 g/mol. The molecule has 0 radical (unpaired) electrons. The second-order valence-corrected chi connectivity index (χ2v) is 9.96. The van der Waals surface area contributed by atoms with E-state index < -0.39 is 0 Å². The third kappa shape index (κ3) is 12.5. The lowest BCUT2D eigenvalue weighted by Gasteiger charge is -2.17. The van der Waals surface area contributed by atoms with Crippen LogP contribution in [-0.4, -0.2) is 28.5 Å². The second kappa shape index (κ2) is 19.2. The zero-order chi connectivity index (χ0) is 25.0. The largest absolute Gasteiger partial charge is 0.330 e. The number of nitrogens with two attached hydrogens (primary N) is 1. The molecule has 0 fully saturated rings. The third-order valence-electron chi connectivity index (χ3n) is 6.78. The Kier molecular flexibility index (Phi) is 16.1. The van der Waals surface area contributed by atoms with Crippen LogP contribution in [-0.2, 0) is 0 Å². The first kappa shape index (κ1) is 29.3. The maximum absolute atomic E-state index is 5.91. The second-order valence-electron chi connectivity index (χ2n) is 9.96. The van der Waals surface area contributed by atoms with Gasteiger partial charge in [-0.1, -0.05) is 112 Å². The van der Waals surface area contributed by atoms with Crippen molar-refractivity contribution in [2.45, 2.75) is 116 Å². The Balaban J connectivity index is 1.53. The maximum Gasteiger partial charge on any atom is 0.117 e. The summed E-state index contributed by atoms with van der Waals surface area (Å²) in [5, 5.41) is 15.3. The normalized spacial score (nSPS) is 12.5. The minimum absolute atomic E-state index is 0.162. The number of aryl methyl sites for hydroxylation is 1. The van der Waals surface area contributed by atoms with E-state index in [1.807, 2.05) is 0 Å². The number of allylic oxidation sites excluding steroid dienone is 2. The van der Waals surface area contributed by atoms with Crippen LogP contribution in [0.4, 0.5) is 0 Å². The topological polar surface area (TPSA) is 79.6 Å². The first-order valence-corrected chi connectivity index (χ1v) is 14.3. The molecule has 2 aromatic rings. The fraction of sp³-hybridized carbons (Fsp3) is 0.667. The maximum atomic E-state index is 5.91. The van der Waals surface area contributed by atoms with Gasteiger partial charge in [-0.3, -0.25) is 5.10 Å². The van der Waals surface area contributed by atoms with E-state index in [1.165, 1.54) is 95.5 Å². The quantitative estimate of drug-likeness (QED) is 0.125. The van der Waals surface area contributed by atoms with E-state index in [2.05, 4.69) is 71.0 Å². The summed E-state index contributed by atoms with van der Waals surface area (Å²) in [6.07, 6.45) is 24.4. The highest BCUT2D eigenvalue weighted by molar-refractivity contribution is 5.62. The molecule has 0 aliphatic rings. The Labute approximate surface area is 214 Å². The van der Waals surface area contributed by atoms with Crippen molar-refractivity contribution in [1.29, 1.82) is 0 Å². The number of aromatic amines is 1. The molecule has 0 aliphatic carbocycles. The van der Waals surface area contributed by atoms with E-state index >= 15 is 0 Å². The average Bonchev–Trinajstić information content (AvgIpc) is 3.35. The van der Waals surface area contributed by atoms with Gasteiger partial charge in [-0.25, -0.2) is 0 Å². The van der Waals surface area contributed by atoms with Crippen LogP contribution in [0.15, 0.2) is 36.4 Å². The van der Waals surface area contributed by atoms with Crippen molar-refractivity contribution < 1.29 is 0 Å². The van der Waals surface area contributed by atoms with Crippen molar-refractivity contribution >= 4 is 0 Å². The Hall–Kier alpha value is -1.98. The summed E-state index contributed by atoms with van der Waals surface area (Å²) in [7, 11) is 0. The van der Waals surface area contributed by atoms with Crippen LogP contribution in [0.25, 0.3) is 11.3 Å². The number of rotatable bonds is 21. The number of benzene rings is 1. The van der Waals surface area contributed by atoms with E-state index in [1.54, 1.807) is 0 Å². The van der Waals surface area contributed by atoms with Crippen molar-refractivity contribution in [3.05, 3.63) is 47.7 Å². The number of aromatic nitrogens is 3. The fourth-order valence-corrected chi connectivity index (χ4v) is 4.57. The zero-order valence-electron chi connectivity index (χ0n) is 22.5. The van der Waals surface area contributed by atoms with Gasteiger partial charge in [0.15, 0.2) is 0 Å². The summed E-state index contributed by atoms with van der Waals surface area (Å²) >= 11 is 0. The van der Waals surface area contributed by atoms with Gasteiger partial charge >= 0.3 is 0 Å². The SMILES string of the molecule is CCCCCCCC/C=C\CCCCCCCCNC(CCN)c1[nH]nnc1-c1ccc(C)cc1. The van der Waals surface area contributed by atoms with Gasteiger partial charge in [-0.15, -0.1) is 5.10 Å². The van der Waals surface area contributed by atoms with Crippen molar-refractivity contribution in [2.24, 2.45) is 5.73 Å². The van der Waals surface area contributed by atoms with Crippen molar-refractivity contribution in [3.8, 4) is 11.3 Å². The fourth-order valence-electron chi connectivity index (χ4n) is 4.57. The molecule has 0 amide bonds. The number of nitrogens with one attached hydrogen (secondary N) is 2. The number of unbranched alkanes of at least 4 members (excludes halogenated alkanes) is 12. The van der Waals surface area contributed by atoms with Crippen molar-refractivity contribution in [2.75, 3.05) is 13.1 Å². The molecule has 35 heavy (non-hydrogen) atoms. The van der Waals surface area contributed by atoms with Gasteiger partial charge in [0.05, 0.1) is 11.7 Å². The molecule has 0 bridgehead atoms. The van der Waals surface area contributed by atoms with Crippen LogP contribution in [0.3, 0.4) is 0 Å². The molecule has 0 saturated carbocycles. The summed E-state index contributed by atoms with van der Waals surface area (Å²) in [6.45, 7) is 6.01. The monoisotopic (exact) mass is 481 g/mol. The molecule has 4 N–H and O–H groups in total. The Morgan fingerprint density at radius 3 is 2.09 bits per heavy atom. The average molecular weight is 482 g/mol. The number of hydrogen-bond acceptors (Lipinski definition) is 4. The van der Waals surface area contributed by atoms with Crippen molar-refractivity contribution in [3.63, 3.8) is 0 Å². The van der Waals surface area contributed by atoms with Crippen LogP contribution in [0.2, 0.25) is 0 Å². The molecule has 196 valence electrons. The van der Waals surface area contributed by atoms with Gasteiger partial charge in [0.25, 0.3) is 0 Å². The molecular formula is C30H51N5. The molecule has 2 rings (SSSR count). The van der Waals surface area contributed by atoms with E-state index in [0.717, 1.165) is 29.9 Å². The van der Waals surface area contributed by atoms with Crippen molar-refractivity contribution in [1.82, 2.24) is 20.7 Å². The summed E-state index contributed by atoms with van der Waals surface area (Å²) in [4.78, 5) is 0. The standard InChI is InChI=1S/C30H51N5/c1-3-4-5-6-7-8-9-10-11-12-13-14-15-16-17-18-25-32-28(23-24-31)30-29(33-35-34-30)27-21-19-26(2)20-22-27/h10-11,19-22,28,32H,3-9,12-18,23-25,31H2,1-2H3,(H,33,34,35)/b11-10-. The smallest absolute Gasteiger partial charge is 0.117 e. The highest BCUT2D eigenvalue weighted by Crippen LogP contribution is 2.26. The molecule has 5 heteroatoms. The van der Waals surface area contributed by atoms with Crippen LogP contribution in [0.1, 0.15) is 121 Å². The van der Waals surface area contributed by atoms with Crippen LogP contribution >= 0.6 is 0 Å². The first-order chi connectivity index (χ1) is 17.3. The molecule has 0 spiro atoms. The molecule has 5 nitrogen and oxygen atoms in total. The van der Waals surface area contributed by atoms with E-state index in [4.69, 9.17) is 5.73 Å². The summed E-state index contributed by atoms with van der Waals surface area (Å²) in [5.74, 6) is 0. The number of hydrogen-bond donors (Lipinski definition) is 3. The predicted molar refractivity (Wildman–Crippen MR) is 150 cm³/mol. The molecule has 1 aromatic carbocycles. The first-order valence-electron chi connectivity index (χ1n) is 14.3. The molecule has 1 aromatic heterocycles. The van der Waals surface area contributed by atoms with Gasteiger partial charge < -0.3 is 11.1 Å². The van der Waals surface area contributed by atoms with E-state index in [-0.39, 0.29) is 6.04 Å². The predicted octanol–water partition coefficient (Wildman–Crippen LogP) is 7.80. The van der Waals surface area contributed by atoms with Crippen LogP contribution in [0.5, 0.6) is 0 Å². The summed E-state index contributed by atoms with van der Waals surface area (Å²) < 4.78 is 0. The molecule has 0 aliphatic heterocycles. The number of nitrogens with zero attached hydrogens (tertiary/aromatic N) is 2. The lowest BCUT2D eigenvalue weighted by atomic mass is 10.0. The van der Waals surface area contributed by atoms with Crippen LogP contribution in [0, 0.1) is 6.92 Å². The summed E-state index contributed by atoms with van der Waals surface area (Å²) in [5.41, 5.74) is 10.2. The minimum atomic E-state index is 0.162. The van der Waals surface area contributed by atoms with Crippen LogP contribution < -0.4 is 11.1 Å². The highest BCUT2D eigenvalue weighted by Gasteiger charge is 2.19. The Morgan fingerprint density at radius 1 is 0.857 bits per heavy atom. The minimum Gasteiger partial charge on any atom is -0.330 e. The Bertz CT molecular complexity index is 780. The van der Waals surface area contributed by atoms with Gasteiger partial charge in [-0.05, 0) is 58.5 Å². The molecule has 1 heterocycles. The molecule has 0 saturated heterocycles. The molecule has 1 unspecified atom stereocenters. The number of H-pyrrole nitrogens is 1. The molecule has 1 atom stereocenters. The van der Waals surface area contributed by atoms with E-state index in [0.29, 0.717) is 6.54 Å². The van der Waals surface area contributed by atoms with Gasteiger partial charge in [-0.2, -0.15) is 0 Å². The van der Waals surface area contributed by atoms with Gasteiger partial charge in [0.1, 0.15) is 5.69 Å².